The fraction of sp³-hybridized carbons (Fsp3) is 0.286. The molecule has 4 N–H and O–H groups in total. The van der Waals surface area contributed by atoms with Crippen LogP contribution in [0.15, 0.2) is 42.7 Å². The molecule has 0 radical (unpaired) electrons. The Hall–Kier alpha value is -3.79. The van der Waals surface area contributed by atoms with Crippen molar-refractivity contribution in [3.63, 3.8) is 0 Å². The summed E-state index contributed by atoms with van der Waals surface area (Å²) in [5.41, 5.74) is 13.7. The number of benzene rings is 1. The smallest absolute Gasteiger partial charge is 0.248 e. The number of hydrogen-bond donors (Lipinski definition) is 2. The summed E-state index contributed by atoms with van der Waals surface area (Å²) >= 11 is 0. The lowest BCUT2D eigenvalue weighted by Gasteiger charge is -2.27. The zero-order valence-corrected chi connectivity index (χ0v) is 16.9. The van der Waals surface area contributed by atoms with Crippen molar-refractivity contribution in [3.8, 4) is 17.1 Å². The number of amides is 1. The first-order valence-electron chi connectivity index (χ1n) is 9.90. The minimum atomic E-state index is -0.455. The molecular weight excluding hydrogens is 398 g/mol. The average molecular weight is 421 g/mol. The van der Waals surface area contributed by atoms with E-state index in [2.05, 4.69) is 19.9 Å². The van der Waals surface area contributed by atoms with E-state index in [1.54, 1.807) is 36.7 Å². The lowest BCUT2D eigenvalue weighted by molar-refractivity contribution is 0.1000. The highest BCUT2D eigenvalue weighted by Gasteiger charge is 2.17. The fourth-order valence-corrected chi connectivity index (χ4v) is 3.16. The van der Waals surface area contributed by atoms with Crippen LogP contribution in [0.4, 0.5) is 11.9 Å². The van der Waals surface area contributed by atoms with Gasteiger partial charge in [0.1, 0.15) is 0 Å². The molecule has 1 saturated heterocycles. The van der Waals surface area contributed by atoms with Gasteiger partial charge in [0.2, 0.25) is 23.7 Å². The number of nitrogens with zero attached hydrogens (tertiary/aromatic N) is 5. The number of anilines is 2. The van der Waals surface area contributed by atoms with E-state index in [0.29, 0.717) is 68.0 Å². The minimum absolute atomic E-state index is 0.195. The maximum absolute atomic E-state index is 11.4. The molecule has 1 aliphatic heterocycles. The maximum Gasteiger partial charge on any atom is 0.248 e. The fourth-order valence-electron chi connectivity index (χ4n) is 3.16. The monoisotopic (exact) mass is 421 g/mol. The molecule has 160 valence electrons. The van der Waals surface area contributed by atoms with Gasteiger partial charge in [-0.3, -0.25) is 4.79 Å². The van der Waals surface area contributed by atoms with Crippen LogP contribution in [0.3, 0.4) is 0 Å². The third-order valence-corrected chi connectivity index (χ3v) is 4.80. The number of nitrogen functional groups attached to an aromatic ring is 1. The van der Waals surface area contributed by atoms with E-state index in [1.807, 2.05) is 11.0 Å². The molecule has 3 heterocycles. The third kappa shape index (κ3) is 5.23. The summed E-state index contributed by atoms with van der Waals surface area (Å²) in [5, 5.41) is 0. The lowest BCUT2D eigenvalue weighted by atomic mass is 10.1. The van der Waals surface area contributed by atoms with E-state index in [0.717, 1.165) is 5.56 Å². The van der Waals surface area contributed by atoms with Crippen LogP contribution in [-0.2, 0) is 11.2 Å². The largest absolute Gasteiger partial charge is 0.477 e. The minimum Gasteiger partial charge on any atom is -0.477 e. The van der Waals surface area contributed by atoms with Crippen molar-refractivity contribution in [1.82, 2.24) is 19.9 Å². The highest BCUT2D eigenvalue weighted by atomic mass is 16.5. The van der Waals surface area contributed by atoms with Crippen molar-refractivity contribution in [2.75, 3.05) is 43.5 Å². The van der Waals surface area contributed by atoms with Gasteiger partial charge in [-0.25, -0.2) is 15.0 Å². The van der Waals surface area contributed by atoms with Crippen LogP contribution in [0.1, 0.15) is 15.9 Å². The van der Waals surface area contributed by atoms with Gasteiger partial charge in [0.25, 0.3) is 0 Å². The van der Waals surface area contributed by atoms with Crippen LogP contribution in [-0.4, -0.2) is 58.8 Å². The quantitative estimate of drug-likeness (QED) is 0.572. The highest BCUT2D eigenvalue weighted by molar-refractivity contribution is 5.92. The van der Waals surface area contributed by atoms with E-state index >= 15 is 0 Å². The summed E-state index contributed by atoms with van der Waals surface area (Å²) in [6.45, 7) is 3.00. The van der Waals surface area contributed by atoms with Crippen molar-refractivity contribution in [1.29, 1.82) is 0 Å². The Kier molecular flexibility index (Phi) is 6.18. The van der Waals surface area contributed by atoms with Crippen molar-refractivity contribution >= 4 is 17.8 Å². The summed E-state index contributed by atoms with van der Waals surface area (Å²) in [6.07, 6.45) is 3.83. The molecule has 0 bridgehead atoms. The third-order valence-electron chi connectivity index (χ3n) is 4.80. The van der Waals surface area contributed by atoms with Gasteiger partial charge in [0, 0.05) is 49.1 Å². The Labute approximate surface area is 179 Å². The number of primary amides is 1. The second-order valence-corrected chi connectivity index (χ2v) is 6.98. The molecule has 0 spiro atoms. The van der Waals surface area contributed by atoms with Gasteiger partial charge in [-0.2, -0.15) is 4.98 Å². The molecule has 2 aromatic heterocycles. The Bertz CT molecular complexity index is 1050. The summed E-state index contributed by atoms with van der Waals surface area (Å²) < 4.78 is 11.4. The number of carbonyl (C=O) groups is 1. The summed E-state index contributed by atoms with van der Waals surface area (Å²) in [7, 11) is 0. The predicted octanol–water partition coefficient (Wildman–Crippen LogP) is 1.07. The van der Waals surface area contributed by atoms with Crippen LogP contribution in [0.25, 0.3) is 11.3 Å². The van der Waals surface area contributed by atoms with Crippen LogP contribution in [0.5, 0.6) is 5.88 Å². The van der Waals surface area contributed by atoms with Crippen molar-refractivity contribution in [2.24, 2.45) is 5.73 Å². The number of rotatable bonds is 7. The van der Waals surface area contributed by atoms with Crippen LogP contribution in [0.2, 0.25) is 0 Å². The molecule has 0 aliphatic carbocycles. The number of aromatic nitrogens is 4. The maximum atomic E-state index is 11.4. The highest BCUT2D eigenvalue weighted by Crippen LogP contribution is 2.24. The molecule has 31 heavy (non-hydrogen) atoms. The molecule has 10 nitrogen and oxygen atoms in total. The van der Waals surface area contributed by atoms with Gasteiger partial charge < -0.3 is 25.8 Å². The van der Waals surface area contributed by atoms with E-state index in [4.69, 9.17) is 20.9 Å². The number of morpholine rings is 1. The van der Waals surface area contributed by atoms with Crippen molar-refractivity contribution in [2.45, 2.75) is 6.42 Å². The molecular formula is C21H23N7O3. The first-order chi connectivity index (χ1) is 15.1. The Balaban J connectivity index is 1.54. The summed E-state index contributed by atoms with van der Waals surface area (Å²) in [4.78, 5) is 30.7. The second kappa shape index (κ2) is 9.35. The Morgan fingerprint density at radius 2 is 1.90 bits per heavy atom. The SMILES string of the molecule is NC(=O)c1cccc(CCOc2cc(-c3cnc(N)nc3)nc(N3CCOCC3)n2)c1. The molecule has 0 saturated carbocycles. The van der Waals surface area contributed by atoms with Crippen LogP contribution < -0.4 is 21.1 Å². The first kappa shape index (κ1) is 20.5. The summed E-state index contributed by atoms with van der Waals surface area (Å²) in [6, 6.07) is 8.93. The Morgan fingerprint density at radius 1 is 1.13 bits per heavy atom. The van der Waals surface area contributed by atoms with Gasteiger partial charge in [0.05, 0.1) is 25.5 Å². The topological polar surface area (TPSA) is 142 Å². The normalized spacial score (nSPS) is 13.7. The zero-order chi connectivity index (χ0) is 21.6. The summed E-state index contributed by atoms with van der Waals surface area (Å²) in [5.74, 6) is 0.739. The molecule has 1 aliphatic rings. The molecule has 1 aromatic carbocycles. The molecule has 3 aromatic rings. The average Bonchev–Trinajstić information content (AvgIpc) is 2.80. The number of nitrogens with two attached hydrogens (primary N) is 2. The van der Waals surface area contributed by atoms with Gasteiger partial charge in [-0.05, 0) is 17.7 Å². The molecule has 10 heteroatoms. The van der Waals surface area contributed by atoms with Crippen LogP contribution in [0, 0.1) is 0 Å². The number of carbonyl (C=O) groups excluding carboxylic acids is 1. The van der Waals surface area contributed by atoms with E-state index < -0.39 is 5.91 Å². The van der Waals surface area contributed by atoms with E-state index in [9.17, 15) is 4.79 Å². The van der Waals surface area contributed by atoms with E-state index in [-0.39, 0.29) is 5.95 Å². The first-order valence-corrected chi connectivity index (χ1v) is 9.90. The number of hydrogen-bond acceptors (Lipinski definition) is 9. The van der Waals surface area contributed by atoms with Gasteiger partial charge >= 0.3 is 0 Å². The van der Waals surface area contributed by atoms with Crippen LogP contribution >= 0.6 is 0 Å². The molecule has 4 rings (SSSR count). The zero-order valence-electron chi connectivity index (χ0n) is 16.9. The van der Waals surface area contributed by atoms with Crippen molar-refractivity contribution in [3.05, 3.63) is 53.9 Å². The van der Waals surface area contributed by atoms with Gasteiger partial charge in [0.15, 0.2) is 0 Å². The van der Waals surface area contributed by atoms with Crippen molar-refractivity contribution < 1.29 is 14.3 Å². The molecule has 0 atom stereocenters. The standard InChI is InChI=1S/C21H23N7O3/c22-19(29)15-3-1-2-14(10-15)4-7-31-18-11-17(16-12-24-20(23)25-13-16)26-21(27-18)28-5-8-30-9-6-28/h1-3,10-13H,4-9H2,(H2,22,29)(H2,23,24,25). The predicted molar refractivity (Wildman–Crippen MR) is 115 cm³/mol. The van der Waals surface area contributed by atoms with Gasteiger partial charge in [-0.15, -0.1) is 0 Å². The lowest BCUT2D eigenvalue weighted by Crippen LogP contribution is -2.37. The van der Waals surface area contributed by atoms with Gasteiger partial charge in [-0.1, -0.05) is 12.1 Å². The molecule has 0 unspecified atom stereocenters. The second-order valence-electron chi connectivity index (χ2n) is 6.98. The Morgan fingerprint density at radius 3 is 2.65 bits per heavy atom. The molecule has 1 fully saturated rings. The number of ether oxygens (including phenoxy) is 2. The molecule has 1 amide bonds. The van der Waals surface area contributed by atoms with E-state index in [1.165, 1.54) is 0 Å².